The largest absolute Gasteiger partial charge is 0.291 e. The van der Waals surface area contributed by atoms with Gasteiger partial charge >= 0.3 is 0 Å². The normalized spacial score (nSPS) is 14.9. The first kappa shape index (κ1) is 14.2. The zero-order valence-corrected chi connectivity index (χ0v) is 13.5. The molecule has 3 heterocycles. The Hall–Kier alpha value is -2.40. The highest BCUT2D eigenvalue weighted by molar-refractivity contribution is 5.74. The van der Waals surface area contributed by atoms with Crippen molar-refractivity contribution in [1.82, 2.24) is 24.8 Å². The Bertz CT molecular complexity index is 874. The van der Waals surface area contributed by atoms with Crippen LogP contribution in [0.2, 0.25) is 0 Å². The fourth-order valence-electron chi connectivity index (χ4n) is 3.08. The van der Waals surface area contributed by atoms with Crippen LogP contribution in [0.5, 0.6) is 0 Å². The van der Waals surface area contributed by atoms with Gasteiger partial charge in [0.2, 0.25) is 0 Å². The molecule has 4 rings (SSSR count). The van der Waals surface area contributed by atoms with Gasteiger partial charge in [-0.2, -0.15) is 0 Å². The van der Waals surface area contributed by atoms with E-state index in [0.29, 0.717) is 0 Å². The van der Waals surface area contributed by atoms with Crippen LogP contribution >= 0.6 is 0 Å². The van der Waals surface area contributed by atoms with Crippen molar-refractivity contribution >= 4 is 11.0 Å². The van der Waals surface area contributed by atoms with Gasteiger partial charge < -0.3 is 0 Å². The van der Waals surface area contributed by atoms with E-state index in [0.717, 1.165) is 60.0 Å². The van der Waals surface area contributed by atoms with Gasteiger partial charge in [0.1, 0.15) is 5.82 Å². The molecule has 0 unspecified atom stereocenters. The minimum absolute atomic E-state index is 0.812. The molecular formula is C18H19N5. The molecule has 0 fully saturated rings. The number of hydrogen-bond acceptors (Lipinski definition) is 5. The Morgan fingerprint density at radius 1 is 1.04 bits per heavy atom. The van der Waals surface area contributed by atoms with Crippen LogP contribution in [0.3, 0.4) is 0 Å². The van der Waals surface area contributed by atoms with E-state index in [1.54, 1.807) is 0 Å². The molecule has 2 aromatic heterocycles. The maximum absolute atomic E-state index is 4.81. The van der Waals surface area contributed by atoms with E-state index in [-0.39, 0.29) is 0 Å². The number of aryl methyl sites for hydroxylation is 2. The average Bonchev–Trinajstić information content (AvgIpc) is 2.55. The van der Waals surface area contributed by atoms with Gasteiger partial charge in [0, 0.05) is 25.8 Å². The van der Waals surface area contributed by atoms with Crippen LogP contribution in [0.1, 0.15) is 28.5 Å². The molecule has 5 nitrogen and oxygen atoms in total. The van der Waals surface area contributed by atoms with Gasteiger partial charge in [0.05, 0.1) is 28.1 Å². The van der Waals surface area contributed by atoms with Crippen molar-refractivity contribution in [3.8, 4) is 0 Å². The van der Waals surface area contributed by atoms with Gasteiger partial charge in [-0.25, -0.2) is 19.9 Å². The van der Waals surface area contributed by atoms with E-state index >= 15 is 0 Å². The summed E-state index contributed by atoms with van der Waals surface area (Å²) < 4.78 is 0. The molecule has 5 heteroatoms. The zero-order valence-electron chi connectivity index (χ0n) is 13.5. The van der Waals surface area contributed by atoms with Crippen molar-refractivity contribution < 1.29 is 0 Å². The molecule has 0 atom stereocenters. The first-order chi connectivity index (χ1) is 11.2. The minimum Gasteiger partial charge on any atom is -0.291 e. The molecule has 3 aromatic rings. The van der Waals surface area contributed by atoms with E-state index in [1.165, 1.54) is 5.56 Å². The number of fused-ring (bicyclic) bond motifs is 2. The van der Waals surface area contributed by atoms with E-state index in [1.807, 2.05) is 44.3 Å². The van der Waals surface area contributed by atoms with E-state index in [9.17, 15) is 0 Å². The lowest BCUT2D eigenvalue weighted by Gasteiger charge is -2.27. The second kappa shape index (κ2) is 5.66. The molecule has 0 aliphatic carbocycles. The molecular weight excluding hydrogens is 286 g/mol. The summed E-state index contributed by atoms with van der Waals surface area (Å²) in [6.07, 6.45) is 2.96. The van der Waals surface area contributed by atoms with E-state index < -0.39 is 0 Å². The Labute approximate surface area is 135 Å². The van der Waals surface area contributed by atoms with Crippen LogP contribution in [0.25, 0.3) is 11.0 Å². The first-order valence-electron chi connectivity index (χ1n) is 7.95. The Balaban J connectivity index is 1.60. The summed E-state index contributed by atoms with van der Waals surface area (Å²) in [7, 11) is 0. The Morgan fingerprint density at radius 2 is 1.83 bits per heavy atom. The predicted octanol–water partition coefficient (Wildman–Crippen LogP) is 2.59. The van der Waals surface area contributed by atoms with Gasteiger partial charge in [-0.05, 0) is 38.0 Å². The third-order valence-corrected chi connectivity index (χ3v) is 4.36. The summed E-state index contributed by atoms with van der Waals surface area (Å²) in [5.74, 6) is 0.840. The molecule has 0 N–H and O–H groups in total. The third kappa shape index (κ3) is 2.80. The Kier molecular flexibility index (Phi) is 3.50. The molecule has 23 heavy (non-hydrogen) atoms. The molecule has 0 saturated heterocycles. The molecule has 116 valence electrons. The topological polar surface area (TPSA) is 54.8 Å². The van der Waals surface area contributed by atoms with Crippen LogP contribution in [0, 0.1) is 13.8 Å². The number of rotatable bonds is 2. The fourth-order valence-corrected chi connectivity index (χ4v) is 3.08. The molecule has 0 amide bonds. The van der Waals surface area contributed by atoms with Gasteiger partial charge in [-0.1, -0.05) is 12.1 Å². The molecule has 0 saturated carbocycles. The van der Waals surface area contributed by atoms with E-state index in [2.05, 4.69) is 19.9 Å². The summed E-state index contributed by atoms with van der Waals surface area (Å²) in [6, 6.07) is 8.04. The highest BCUT2D eigenvalue weighted by Crippen LogP contribution is 2.20. The van der Waals surface area contributed by atoms with Crippen molar-refractivity contribution in [2.45, 2.75) is 33.4 Å². The van der Waals surface area contributed by atoms with Crippen LogP contribution in [0.15, 0.2) is 30.5 Å². The van der Waals surface area contributed by atoms with Gasteiger partial charge in [0.25, 0.3) is 0 Å². The van der Waals surface area contributed by atoms with Crippen molar-refractivity contribution in [1.29, 1.82) is 0 Å². The van der Waals surface area contributed by atoms with Crippen molar-refractivity contribution in [3.05, 3.63) is 58.9 Å². The lowest BCUT2D eigenvalue weighted by molar-refractivity contribution is 0.237. The third-order valence-electron chi connectivity index (χ3n) is 4.36. The predicted molar refractivity (Wildman–Crippen MR) is 88.9 cm³/mol. The van der Waals surface area contributed by atoms with Gasteiger partial charge in [0.15, 0.2) is 0 Å². The molecule has 1 aromatic carbocycles. The smallest absolute Gasteiger partial charge is 0.125 e. The summed E-state index contributed by atoms with van der Waals surface area (Å²) in [6.45, 7) is 6.66. The number of hydrogen-bond donors (Lipinski definition) is 0. The van der Waals surface area contributed by atoms with Crippen molar-refractivity contribution in [2.24, 2.45) is 0 Å². The first-order valence-corrected chi connectivity index (χ1v) is 7.95. The Morgan fingerprint density at radius 3 is 2.65 bits per heavy atom. The van der Waals surface area contributed by atoms with Crippen LogP contribution < -0.4 is 0 Å². The highest BCUT2D eigenvalue weighted by Gasteiger charge is 2.19. The summed E-state index contributed by atoms with van der Waals surface area (Å²) >= 11 is 0. The quantitative estimate of drug-likeness (QED) is 0.728. The number of benzene rings is 1. The second-order valence-electron chi connectivity index (χ2n) is 6.09. The molecule has 1 aliphatic rings. The van der Waals surface area contributed by atoms with Gasteiger partial charge in [-0.15, -0.1) is 0 Å². The number of para-hydroxylation sites is 2. The van der Waals surface area contributed by atoms with Crippen LogP contribution in [-0.4, -0.2) is 31.4 Å². The average molecular weight is 305 g/mol. The molecule has 1 aliphatic heterocycles. The monoisotopic (exact) mass is 305 g/mol. The molecule has 0 bridgehead atoms. The number of nitrogens with zero attached hydrogens (tertiary/aromatic N) is 5. The van der Waals surface area contributed by atoms with Crippen LogP contribution in [0.4, 0.5) is 0 Å². The van der Waals surface area contributed by atoms with Crippen molar-refractivity contribution in [2.75, 3.05) is 6.54 Å². The van der Waals surface area contributed by atoms with E-state index in [4.69, 9.17) is 4.98 Å². The standard InChI is InChI=1S/C18H19N5/c1-12-17(22-16-6-4-3-5-15(16)20-12)10-23-8-7-14-9-19-13(2)21-18(14)11-23/h3-6,9H,7-8,10-11H2,1-2H3. The molecule has 0 radical (unpaired) electrons. The summed E-state index contributed by atoms with van der Waals surface area (Å²) in [5.41, 5.74) is 6.40. The van der Waals surface area contributed by atoms with Crippen molar-refractivity contribution in [3.63, 3.8) is 0 Å². The molecule has 0 spiro atoms. The SMILES string of the molecule is Cc1ncc2c(n1)CN(Cc1nc3ccccc3nc1C)CC2. The summed E-state index contributed by atoms with van der Waals surface area (Å²) in [5, 5.41) is 0. The fraction of sp³-hybridized carbons (Fsp3) is 0.333. The highest BCUT2D eigenvalue weighted by atomic mass is 15.1. The lowest BCUT2D eigenvalue weighted by Crippen LogP contribution is -2.31. The minimum atomic E-state index is 0.812. The van der Waals surface area contributed by atoms with Gasteiger partial charge in [-0.3, -0.25) is 4.90 Å². The summed E-state index contributed by atoms with van der Waals surface area (Å²) in [4.78, 5) is 20.8. The number of aromatic nitrogens is 4. The second-order valence-corrected chi connectivity index (χ2v) is 6.09. The maximum atomic E-state index is 4.81. The lowest BCUT2D eigenvalue weighted by atomic mass is 10.1. The maximum Gasteiger partial charge on any atom is 0.125 e. The zero-order chi connectivity index (χ0) is 15.8. The van der Waals surface area contributed by atoms with Crippen LogP contribution in [-0.2, 0) is 19.5 Å².